The first-order valence-corrected chi connectivity index (χ1v) is 8.69. The number of rotatable bonds is 5. The molecule has 2 aromatic heterocycles. The maximum Gasteiger partial charge on any atom is 0.211 e. The van der Waals surface area contributed by atoms with Gasteiger partial charge in [0.1, 0.15) is 11.2 Å². The third-order valence-electron chi connectivity index (χ3n) is 2.98. The lowest BCUT2D eigenvalue weighted by Gasteiger charge is -2.18. The Morgan fingerprint density at radius 2 is 2.00 bits per heavy atom. The van der Waals surface area contributed by atoms with Crippen LogP contribution in [0.1, 0.15) is 10.9 Å². The summed E-state index contributed by atoms with van der Waals surface area (Å²) < 4.78 is 2.66. The van der Waals surface area contributed by atoms with Gasteiger partial charge in [0, 0.05) is 17.7 Å². The van der Waals surface area contributed by atoms with Crippen LogP contribution in [0.15, 0.2) is 52.2 Å². The van der Waals surface area contributed by atoms with Crippen LogP contribution < -0.4 is 5.32 Å². The number of halogens is 2. The fraction of sp³-hybridized carbons (Fsp3) is 0.143. The number of benzene rings is 1. The topological polar surface area (TPSA) is 68.5 Å². The highest BCUT2D eigenvalue weighted by atomic mass is 79.9. The normalized spacial score (nSPS) is 12.1. The van der Waals surface area contributed by atoms with E-state index in [4.69, 9.17) is 11.6 Å². The van der Waals surface area contributed by atoms with E-state index in [2.05, 4.69) is 41.8 Å². The van der Waals surface area contributed by atoms with Crippen LogP contribution in [0.25, 0.3) is 0 Å². The van der Waals surface area contributed by atoms with Gasteiger partial charge in [-0.2, -0.15) is 0 Å². The van der Waals surface area contributed by atoms with Crippen molar-refractivity contribution in [1.82, 2.24) is 25.2 Å². The number of hydrogen-bond donors (Lipinski definition) is 1. The van der Waals surface area contributed by atoms with Gasteiger partial charge in [0.15, 0.2) is 0 Å². The van der Waals surface area contributed by atoms with Gasteiger partial charge in [-0.15, -0.1) is 5.10 Å². The van der Waals surface area contributed by atoms with Gasteiger partial charge < -0.3 is 5.32 Å². The van der Waals surface area contributed by atoms with Gasteiger partial charge >= 0.3 is 0 Å². The van der Waals surface area contributed by atoms with Crippen molar-refractivity contribution in [3.63, 3.8) is 0 Å². The Balaban J connectivity index is 1.87. The molecule has 118 valence electrons. The zero-order chi connectivity index (χ0) is 16.2. The molecular weight excluding hydrogens is 400 g/mol. The summed E-state index contributed by atoms with van der Waals surface area (Å²) in [6, 6.07) is 11.7. The highest BCUT2D eigenvalue weighted by Gasteiger charge is 2.17. The van der Waals surface area contributed by atoms with Crippen LogP contribution in [0.3, 0.4) is 0 Å². The fourth-order valence-corrected chi connectivity index (χ4v) is 3.17. The summed E-state index contributed by atoms with van der Waals surface area (Å²) in [7, 11) is 1.81. The van der Waals surface area contributed by atoms with Crippen LogP contribution in [0.5, 0.6) is 0 Å². The molecule has 0 saturated heterocycles. The van der Waals surface area contributed by atoms with Gasteiger partial charge in [0.25, 0.3) is 0 Å². The quantitative estimate of drug-likeness (QED) is 0.507. The second-order valence-corrected chi connectivity index (χ2v) is 7.06. The molecule has 0 aliphatic carbocycles. The van der Waals surface area contributed by atoms with E-state index < -0.39 is 0 Å². The van der Waals surface area contributed by atoms with Gasteiger partial charge in [0.05, 0.1) is 5.02 Å². The molecule has 0 aliphatic rings. The lowest BCUT2D eigenvalue weighted by molar-refractivity contribution is 0.663. The molecule has 2 heterocycles. The van der Waals surface area contributed by atoms with Crippen LogP contribution in [0.2, 0.25) is 5.02 Å². The van der Waals surface area contributed by atoms with Crippen molar-refractivity contribution in [2.75, 3.05) is 5.32 Å². The molecule has 9 heteroatoms. The minimum absolute atomic E-state index is 0.0959. The molecule has 0 saturated carbocycles. The van der Waals surface area contributed by atoms with E-state index in [1.54, 1.807) is 16.9 Å². The van der Waals surface area contributed by atoms with E-state index in [9.17, 15) is 0 Å². The standard InChI is InChI=1S/C14H12BrClN6S/c1-22-14(19-20-21-22)23-13(9-2-4-10(15)5-3-9)18-12-7-6-11(16)8-17-12/h2-8,13H,1H3,(H,17,18)/t13-/m0/s1. The molecule has 0 bridgehead atoms. The molecule has 3 rings (SSSR count). The average molecular weight is 412 g/mol. The number of nitrogens with one attached hydrogen (secondary N) is 1. The molecule has 1 aromatic carbocycles. The summed E-state index contributed by atoms with van der Waals surface area (Å²) in [6.45, 7) is 0. The van der Waals surface area contributed by atoms with Crippen LogP contribution in [-0.4, -0.2) is 25.2 Å². The van der Waals surface area contributed by atoms with Crippen LogP contribution in [-0.2, 0) is 7.05 Å². The molecule has 3 aromatic rings. The smallest absolute Gasteiger partial charge is 0.211 e. The fourth-order valence-electron chi connectivity index (χ4n) is 1.84. The summed E-state index contributed by atoms with van der Waals surface area (Å²) >= 11 is 10.8. The number of thioether (sulfide) groups is 1. The number of anilines is 1. The first-order valence-electron chi connectivity index (χ1n) is 6.64. The number of aryl methyl sites for hydroxylation is 1. The summed E-state index contributed by atoms with van der Waals surface area (Å²) in [4.78, 5) is 4.29. The molecule has 1 N–H and O–H groups in total. The number of aromatic nitrogens is 5. The highest BCUT2D eigenvalue weighted by molar-refractivity contribution is 9.10. The zero-order valence-electron chi connectivity index (χ0n) is 12.0. The third-order valence-corrected chi connectivity index (χ3v) is 4.92. The maximum absolute atomic E-state index is 5.89. The third kappa shape index (κ3) is 4.21. The van der Waals surface area contributed by atoms with Crippen LogP contribution >= 0.6 is 39.3 Å². The number of tetrazole rings is 1. The molecule has 1 atom stereocenters. The van der Waals surface area contributed by atoms with E-state index >= 15 is 0 Å². The molecule has 0 radical (unpaired) electrons. The lowest BCUT2D eigenvalue weighted by atomic mass is 10.2. The molecule has 0 amide bonds. The molecule has 0 unspecified atom stereocenters. The second-order valence-electron chi connectivity index (χ2n) is 4.64. The van der Waals surface area contributed by atoms with Crippen LogP contribution in [0, 0.1) is 0 Å². The van der Waals surface area contributed by atoms with Crippen molar-refractivity contribution < 1.29 is 0 Å². The Morgan fingerprint density at radius 1 is 1.22 bits per heavy atom. The van der Waals surface area contributed by atoms with Crippen molar-refractivity contribution in [2.24, 2.45) is 7.05 Å². The van der Waals surface area contributed by atoms with Gasteiger partial charge in [0.2, 0.25) is 5.16 Å². The summed E-state index contributed by atoms with van der Waals surface area (Å²) in [5, 5.41) is 16.2. The monoisotopic (exact) mass is 410 g/mol. The predicted octanol–water partition coefficient (Wildman–Crippen LogP) is 3.92. The Labute approximate surface area is 150 Å². The summed E-state index contributed by atoms with van der Waals surface area (Å²) in [6.07, 6.45) is 1.61. The van der Waals surface area contributed by atoms with E-state index in [0.717, 1.165) is 15.9 Å². The molecule has 0 aliphatic heterocycles. The van der Waals surface area contributed by atoms with Crippen molar-refractivity contribution in [3.05, 3.63) is 57.7 Å². The van der Waals surface area contributed by atoms with Crippen molar-refractivity contribution in [2.45, 2.75) is 10.5 Å². The number of nitrogens with zero attached hydrogens (tertiary/aromatic N) is 5. The molecule has 23 heavy (non-hydrogen) atoms. The Hall–Kier alpha value is -1.64. The summed E-state index contributed by atoms with van der Waals surface area (Å²) in [5.74, 6) is 0.727. The van der Waals surface area contributed by atoms with Crippen molar-refractivity contribution in [3.8, 4) is 0 Å². The molecular formula is C14H12BrClN6S. The van der Waals surface area contributed by atoms with Crippen molar-refractivity contribution >= 4 is 45.1 Å². The van der Waals surface area contributed by atoms with Crippen LogP contribution in [0.4, 0.5) is 5.82 Å². The zero-order valence-corrected chi connectivity index (χ0v) is 15.2. The minimum atomic E-state index is -0.0959. The Kier molecular flexibility index (Phi) is 5.14. The molecule has 0 fully saturated rings. The first-order chi connectivity index (χ1) is 11.1. The molecule has 0 spiro atoms. The van der Waals surface area contributed by atoms with Crippen molar-refractivity contribution in [1.29, 1.82) is 0 Å². The van der Waals surface area contributed by atoms with Gasteiger partial charge in [-0.3, -0.25) is 0 Å². The average Bonchev–Trinajstić information content (AvgIpc) is 2.95. The molecule has 6 nitrogen and oxygen atoms in total. The summed E-state index contributed by atoms with van der Waals surface area (Å²) in [5.41, 5.74) is 1.08. The van der Waals surface area contributed by atoms with E-state index in [1.807, 2.05) is 37.4 Å². The Bertz CT molecular complexity index is 777. The number of hydrogen-bond acceptors (Lipinski definition) is 6. The largest absolute Gasteiger partial charge is 0.354 e. The second kappa shape index (κ2) is 7.29. The first kappa shape index (κ1) is 16.2. The highest BCUT2D eigenvalue weighted by Crippen LogP contribution is 2.34. The predicted molar refractivity (Wildman–Crippen MR) is 94.4 cm³/mol. The van der Waals surface area contributed by atoms with E-state index in [1.165, 1.54) is 11.8 Å². The number of pyridine rings is 1. The lowest BCUT2D eigenvalue weighted by Crippen LogP contribution is -2.09. The Morgan fingerprint density at radius 3 is 2.61 bits per heavy atom. The maximum atomic E-state index is 5.89. The SMILES string of the molecule is Cn1nnnc1S[C@H](Nc1ccc(Cl)cn1)c1ccc(Br)cc1. The van der Waals surface area contributed by atoms with E-state index in [0.29, 0.717) is 10.2 Å². The minimum Gasteiger partial charge on any atom is -0.354 e. The van der Waals surface area contributed by atoms with E-state index in [-0.39, 0.29) is 5.37 Å². The van der Waals surface area contributed by atoms with Gasteiger partial charge in [-0.1, -0.05) is 51.4 Å². The van der Waals surface area contributed by atoms with Gasteiger partial charge in [-0.25, -0.2) is 9.67 Å². The van der Waals surface area contributed by atoms with Gasteiger partial charge in [-0.05, 0) is 40.3 Å².